The lowest BCUT2D eigenvalue weighted by atomic mass is 10.0. The zero-order valence-electron chi connectivity index (χ0n) is 19.9. The molecule has 35 heavy (non-hydrogen) atoms. The first-order valence-electron chi connectivity index (χ1n) is 11.9. The Bertz CT molecular complexity index is 1330. The molecule has 2 saturated heterocycles. The smallest absolute Gasteiger partial charge is 0.270 e. The Kier molecular flexibility index (Phi) is 6.22. The maximum absolute atomic E-state index is 13.7. The number of benzene rings is 3. The molecule has 2 heterocycles. The molecule has 176 valence electrons. The molecular formula is C29H27N3O2S. The van der Waals surface area contributed by atoms with E-state index in [0.717, 1.165) is 35.5 Å². The van der Waals surface area contributed by atoms with Crippen LogP contribution in [-0.2, 0) is 9.59 Å². The van der Waals surface area contributed by atoms with Crippen molar-refractivity contribution in [2.45, 2.75) is 26.7 Å². The van der Waals surface area contributed by atoms with Crippen LogP contribution in [0.15, 0.2) is 78.4 Å². The van der Waals surface area contributed by atoms with Crippen LogP contribution < -0.4 is 14.7 Å². The number of thiocarbonyl (C=S) groups is 1. The molecule has 3 aromatic carbocycles. The van der Waals surface area contributed by atoms with Crippen LogP contribution in [0.3, 0.4) is 0 Å². The summed E-state index contributed by atoms with van der Waals surface area (Å²) >= 11 is 5.72. The van der Waals surface area contributed by atoms with Crippen molar-refractivity contribution in [1.82, 2.24) is 0 Å². The lowest BCUT2D eigenvalue weighted by molar-refractivity contribution is -0.120. The van der Waals surface area contributed by atoms with Gasteiger partial charge in [0.15, 0.2) is 5.11 Å². The van der Waals surface area contributed by atoms with Gasteiger partial charge in [-0.25, -0.2) is 0 Å². The van der Waals surface area contributed by atoms with Gasteiger partial charge in [-0.3, -0.25) is 19.4 Å². The predicted octanol–water partition coefficient (Wildman–Crippen LogP) is 5.65. The number of rotatable bonds is 4. The second-order valence-electron chi connectivity index (χ2n) is 9.01. The fourth-order valence-electron chi connectivity index (χ4n) is 4.55. The molecule has 6 heteroatoms. The van der Waals surface area contributed by atoms with Crippen molar-refractivity contribution in [2.24, 2.45) is 0 Å². The monoisotopic (exact) mass is 481 g/mol. The fraction of sp³-hybridized carbons (Fsp3) is 0.207. The van der Waals surface area contributed by atoms with Gasteiger partial charge in [-0.15, -0.1) is 0 Å². The number of para-hydroxylation sites is 1. The molecule has 3 aromatic rings. The number of hydrogen-bond acceptors (Lipinski definition) is 4. The summed E-state index contributed by atoms with van der Waals surface area (Å²) in [6.07, 6.45) is 4.08. The van der Waals surface area contributed by atoms with Gasteiger partial charge >= 0.3 is 0 Å². The molecule has 0 saturated carbocycles. The normalized spacial score (nSPS) is 17.6. The molecule has 2 aliphatic heterocycles. The van der Waals surface area contributed by atoms with Crippen molar-refractivity contribution < 1.29 is 9.59 Å². The topological polar surface area (TPSA) is 43.9 Å². The number of anilines is 3. The van der Waals surface area contributed by atoms with Crippen molar-refractivity contribution in [1.29, 1.82) is 0 Å². The van der Waals surface area contributed by atoms with Crippen molar-refractivity contribution in [3.05, 3.63) is 95.1 Å². The first kappa shape index (κ1) is 23.0. The Morgan fingerprint density at radius 3 is 1.94 bits per heavy atom. The Balaban J connectivity index is 1.57. The summed E-state index contributed by atoms with van der Waals surface area (Å²) in [6.45, 7) is 6.14. The average molecular weight is 482 g/mol. The van der Waals surface area contributed by atoms with Gasteiger partial charge in [0, 0.05) is 18.8 Å². The van der Waals surface area contributed by atoms with E-state index in [9.17, 15) is 9.59 Å². The quantitative estimate of drug-likeness (QED) is 0.274. The molecular weight excluding hydrogens is 454 g/mol. The molecule has 0 bridgehead atoms. The number of amides is 2. The van der Waals surface area contributed by atoms with Gasteiger partial charge in [-0.05, 0) is 98.1 Å². The number of hydrogen-bond donors (Lipinski definition) is 0. The molecule has 0 atom stereocenters. The van der Waals surface area contributed by atoms with Crippen LogP contribution in [0.1, 0.15) is 29.5 Å². The first-order valence-corrected chi connectivity index (χ1v) is 12.3. The molecule has 5 rings (SSSR count). The third kappa shape index (κ3) is 4.37. The van der Waals surface area contributed by atoms with E-state index in [1.54, 1.807) is 6.08 Å². The minimum absolute atomic E-state index is 0.0783. The van der Waals surface area contributed by atoms with E-state index >= 15 is 0 Å². The standard InChI is InChI=1S/C29H27N3O2S/c1-20-10-13-25(18-21(20)2)32-28(34)26(27(33)31(29(32)35)24-8-4-3-5-9-24)19-22-11-14-23(15-12-22)30-16-6-7-17-30/h3-5,8-15,18-19H,6-7,16-17H2,1-2H3/b26-19-. The highest BCUT2D eigenvalue weighted by atomic mass is 32.1. The van der Waals surface area contributed by atoms with Crippen LogP contribution in [0.5, 0.6) is 0 Å². The van der Waals surface area contributed by atoms with Crippen molar-refractivity contribution >= 4 is 52.3 Å². The molecule has 5 nitrogen and oxygen atoms in total. The fourth-order valence-corrected chi connectivity index (χ4v) is 4.93. The molecule has 0 unspecified atom stereocenters. The third-order valence-electron chi connectivity index (χ3n) is 6.69. The van der Waals surface area contributed by atoms with Gasteiger partial charge in [0.2, 0.25) is 0 Å². The maximum atomic E-state index is 13.7. The SMILES string of the molecule is Cc1ccc(N2C(=O)/C(=C\c3ccc(N4CCCC4)cc3)C(=O)N(c3ccccc3)C2=S)cc1C. The summed E-state index contributed by atoms with van der Waals surface area (Å²) in [5, 5.41) is 0.149. The van der Waals surface area contributed by atoms with E-state index in [-0.39, 0.29) is 10.7 Å². The van der Waals surface area contributed by atoms with Crippen LogP contribution in [0.2, 0.25) is 0 Å². The minimum atomic E-state index is -0.421. The molecule has 0 spiro atoms. The summed E-state index contributed by atoms with van der Waals surface area (Å²) in [7, 11) is 0. The molecule has 0 N–H and O–H groups in total. The van der Waals surface area contributed by atoms with Crippen LogP contribution >= 0.6 is 12.2 Å². The highest BCUT2D eigenvalue weighted by Gasteiger charge is 2.41. The number of carbonyl (C=O) groups is 2. The number of aryl methyl sites for hydroxylation is 2. The van der Waals surface area contributed by atoms with Crippen molar-refractivity contribution in [2.75, 3.05) is 27.8 Å². The van der Waals surface area contributed by atoms with Crippen LogP contribution in [0.4, 0.5) is 17.1 Å². The maximum Gasteiger partial charge on any atom is 0.270 e. The lowest BCUT2D eigenvalue weighted by Crippen LogP contribution is -2.57. The molecule has 0 aliphatic carbocycles. The average Bonchev–Trinajstić information content (AvgIpc) is 3.40. The van der Waals surface area contributed by atoms with Gasteiger partial charge in [-0.1, -0.05) is 36.4 Å². The van der Waals surface area contributed by atoms with Crippen LogP contribution in [0, 0.1) is 13.8 Å². The minimum Gasteiger partial charge on any atom is -0.372 e. The summed E-state index contributed by atoms with van der Waals surface area (Å²) in [6, 6.07) is 23.0. The molecule has 2 amide bonds. The second-order valence-corrected chi connectivity index (χ2v) is 9.38. The largest absolute Gasteiger partial charge is 0.372 e. The van der Waals surface area contributed by atoms with Crippen molar-refractivity contribution in [3.8, 4) is 0 Å². The number of carbonyl (C=O) groups excluding carboxylic acids is 2. The van der Waals surface area contributed by atoms with E-state index in [2.05, 4.69) is 17.0 Å². The Morgan fingerprint density at radius 1 is 0.714 bits per heavy atom. The highest BCUT2D eigenvalue weighted by Crippen LogP contribution is 2.31. The summed E-state index contributed by atoms with van der Waals surface area (Å²) in [4.78, 5) is 32.6. The van der Waals surface area contributed by atoms with Gasteiger partial charge in [-0.2, -0.15) is 0 Å². The van der Waals surface area contributed by atoms with Gasteiger partial charge in [0.05, 0.1) is 11.4 Å². The van der Waals surface area contributed by atoms with E-state index in [4.69, 9.17) is 12.2 Å². The molecule has 0 radical (unpaired) electrons. The Hall–Kier alpha value is -3.77. The molecule has 2 aliphatic rings. The summed E-state index contributed by atoms with van der Waals surface area (Å²) < 4.78 is 0. The Morgan fingerprint density at radius 2 is 1.31 bits per heavy atom. The van der Waals surface area contributed by atoms with Crippen LogP contribution in [0.25, 0.3) is 6.08 Å². The first-order chi connectivity index (χ1) is 16.9. The van der Waals surface area contributed by atoms with E-state index in [1.165, 1.54) is 22.6 Å². The van der Waals surface area contributed by atoms with E-state index in [1.807, 2.05) is 74.5 Å². The Labute approximate surface area is 211 Å². The molecule has 0 aromatic heterocycles. The van der Waals surface area contributed by atoms with E-state index in [0.29, 0.717) is 11.4 Å². The molecule has 2 fully saturated rings. The highest BCUT2D eigenvalue weighted by molar-refractivity contribution is 7.81. The van der Waals surface area contributed by atoms with Gasteiger partial charge in [0.25, 0.3) is 11.8 Å². The summed E-state index contributed by atoms with van der Waals surface area (Å²) in [5.74, 6) is -0.839. The zero-order valence-corrected chi connectivity index (χ0v) is 20.7. The van der Waals surface area contributed by atoms with Gasteiger partial charge in [0.1, 0.15) is 5.57 Å². The van der Waals surface area contributed by atoms with Crippen molar-refractivity contribution in [3.63, 3.8) is 0 Å². The van der Waals surface area contributed by atoms with E-state index < -0.39 is 11.8 Å². The van der Waals surface area contributed by atoms with Crippen LogP contribution in [-0.4, -0.2) is 30.0 Å². The lowest BCUT2D eigenvalue weighted by Gasteiger charge is -2.36. The second kappa shape index (κ2) is 9.47. The van der Waals surface area contributed by atoms with Gasteiger partial charge < -0.3 is 4.90 Å². The number of nitrogens with zero attached hydrogens (tertiary/aromatic N) is 3. The zero-order chi connectivity index (χ0) is 24.5. The predicted molar refractivity (Wildman–Crippen MR) is 146 cm³/mol. The third-order valence-corrected chi connectivity index (χ3v) is 7.05. The summed E-state index contributed by atoms with van der Waals surface area (Å²) in [5.41, 5.74) is 5.47.